The number of benzene rings is 3. The van der Waals surface area contributed by atoms with E-state index in [4.69, 9.17) is 11.6 Å². The topological polar surface area (TPSA) is 68.2 Å². The molecule has 0 spiro atoms. The van der Waals surface area contributed by atoms with Crippen molar-refractivity contribution in [1.29, 1.82) is 0 Å². The molecule has 1 amide bonds. The normalized spacial score (nSPS) is 11.5. The third kappa shape index (κ3) is 4.47. The molecule has 0 aliphatic rings. The van der Waals surface area contributed by atoms with Gasteiger partial charge in [-0.15, -0.1) is 0 Å². The van der Waals surface area contributed by atoms with Gasteiger partial charge >= 0.3 is 0 Å². The van der Waals surface area contributed by atoms with Crippen LogP contribution in [0.4, 0.5) is 10.1 Å². The summed E-state index contributed by atoms with van der Waals surface area (Å²) in [6.45, 7) is -0.110. The summed E-state index contributed by atoms with van der Waals surface area (Å²) >= 11 is 6.09. The smallest absolute Gasteiger partial charge is 0.244 e. The molecule has 0 radical (unpaired) electrons. The van der Waals surface area contributed by atoms with Crippen molar-refractivity contribution in [3.05, 3.63) is 95.4 Å². The molecule has 0 saturated carbocycles. The minimum Gasteiger partial charge on any atom is -0.337 e. The molecule has 4 aromatic rings. The minimum atomic E-state index is -3.86. The molecule has 158 valence electrons. The van der Waals surface area contributed by atoms with Crippen molar-refractivity contribution in [2.75, 3.05) is 5.32 Å². The van der Waals surface area contributed by atoms with Gasteiger partial charge in [-0.2, -0.15) is 0 Å². The lowest BCUT2D eigenvalue weighted by Crippen LogP contribution is -2.18. The van der Waals surface area contributed by atoms with Crippen molar-refractivity contribution in [2.24, 2.45) is 0 Å². The molecule has 1 heterocycles. The number of nitrogens with zero attached hydrogens (tertiary/aromatic N) is 1. The lowest BCUT2D eigenvalue weighted by atomic mass is 10.2. The zero-order valence-corrected chi connectivity index (χ0v) is 17.8. The molecule has 1 N–H and O–H groups in total. The average molecular weight is 457 g/mol. The van der Waals surface area contributed by atoms with E-state index < -0.39 is 21.4 Å². The summed E-state index contributed by atoms with van der Waals surface area (Å²) in [5, 5.41) is 3.61. The number of anilines is 1. The number of amides is 1. The second-order valence-electron chi connectivity index (χ2n) is 7.02. The van der Waals surface area contributed by atoms with Gasteiger partial charge in [-0.1, -0.05) is 60.1 Å². The molecular weight excluding hydrogens is 439 g/mol. The van der Waals surface area contributed by atoms with E-state index in [0.717, 1.165) is 0 Å². The van der Waals surface area contributed by atoms with E-state index in [0.29, 0.717) is 21.6 Å². The second kappa shape index (κ2) is 8.53. The molecule has 0 atom stereocenters. The van der Waals surface area contributed by atoms with E-state index in [1.54, 1.807) is 59.2 Å². The maximum Gasteiger partial charge on any atom is 0.244 e. The highest BCUT2D eigenvalue weighted by Gasteiger charge is 2.23. The Balaban J connectivity index is 1.67. The van der Waals surface area contributed by atoms with Gasteiger partial charge in [0, 0.05) is 22.7 Å². The number of para-hydroxylation sites is 2. The number of fused-ring (bicyclic) bond motifs is 1. The number of sulfone groups is 1. The summed E-state index contributed by atoms with van der Waals surface area (Å²) in [6.07, 6.45) is 1.42. The van der Waals surface area contributed by atoms with Crippen LogP contribution in [0.15, 0.2) is 83.9 Å². The summed E-state index contributed by atoms with van der Waals surface area (Å²) in [4.78, 5) is 12.6. The number of halogens is 2. The molecule has 0 bridgehead atoms. The molecule has 0 unspecified atom stereocenters. The molecule has 0 saturated heterocycles. The summed E-state index contributed by atoms with van der Waals surface area (Å²) < 4.78 is 41.8. The lowest BCUT2D eigenvalue weighted by Gasteiger charge is -2.08. The molecule has 3 aromatic carbocycles. The number of nitrogens with one attached hydrogen (secondary N) is 1. The Bertz CT molecular complexity index is 1380. The molecule has 0 aliphatic carbocycles. The van der Waals surface area contributed by atoms with Crippen LogP contribution in [0, 0.1) is 5.82 Å². The van der Waals surface area contributed by atoms with Crippen molar-refractivity contribution < 1.29 is 17.6 Å². The Labute approximate surface area is 184 Å². The predicted molar refractivity (Wildman–Crippen MR) is 119 cm³/mol. The van der Waals surface area contributed by atoms with Crippen LogP contribution >= 0.6 is 11.6 Å². The molecular formula is C23H18ClFN2O3S. The lowest BCUT2D eigenvalue weighted by molar-refractivity contribution is -0.116. The molecule has 31 heavy (non-hydrogen) atoms. The van der Waals surface area contributed by atoms with Crippen molar-refractivity contribution in [2.45, 2.75) is 17.2 Å². The fraction of sp³-hybridized carbons (Fsp3) is 0.0870. The van der Waals surface area contributed by atoms with Crippen LogP contribution in [0.5, 0.6) is 0 Å². The molecule has 4 rings (SSSR count). The number of hydrogen-bond donors (Lipinski definition) is 1. The highest BCUT2D eigenvalue weighted by Crippen LogP contribution is 2.29. The van der Waals surface area contributed by atoms with Gasteiger partial charge in [0.25, 0.3) is 0 Å². The Morgan fingerprint density at radius 2 is 1.65 bits per heavy atom. The predicted octanol–water partition coefficient (Wildman–Crippen LogP) is 5.05. The Kier molecular flexibility index (Phi) is 5.80. The van der Waals surface area contributed by atoms with Gasteiger partial charge in [-0.05, 0) is 24.3 Å². The van der Waals surface area contributed by atoms with Crippen molar-refractivity contribution in [3.63, 3.8) is 0 Å². The van der Waals surface area contributed by atoms with Gasteiger partial charge in [-0.3, -0.25) is 4.79 Å². The van der Waals surface area contributed by atoms with Crippen LogP contribution in [-0.2, 0) is 26.9 Å². The molecule has 1 aromatic heterocycles. The first kappa shape index (κ1) is 21.1. The highest BCUT2D eigenvalue weighted by atomic mass is 35.5. The number of aromatic nitrogens is 1. The van der Waals surface area contributed by atoms with Gasteiger partial charge in [0.05, 0.1) is 21.4 Å². The third-order valence-electron chi connectivity index (χ3n) is 4.85. The standard InChI is InChI=1S/C23H18ClFN2O3S/c24-18-9-3-5-11-20(18)26-23(28)14-27-13-22(17-8-2-6-12-21(17)27)31(29,30)15-16-7-1-4-10-19(16)25/h1-13H,14-15H2,(H,26,28). The fourth-order valence-corrected chi connectivity index (χ4v) is 5.17. The van der Waals surface area contributed by atoms with Gasteiger partial charge in [0.15, 0.2) is 9.84 Å². The molecule has 0 fully saturated rings. The Morgan fingerprint density at radius 3 is 2.42 bits per heavy atom. The van der Waals surface area contributed by atoms with Crippen LogP contribution in [0.2, 0.25) is 5.02 Å². The van der Waals surface area contributed by atoms with Crippen LogP contribution in [0.25, 0.3) is 10.9 Å². The number of carbonyl (C=O) groups is 1. The summed E-state index contributed by atoms with van der Waals surface area (Å²) in [7, 11) is -3.86. The molecule has 5 nitrogen and oxygen atoms in total. The summed E-state index contributed by atoms with van der Waals surface area (Å²) in [5.41, 5.74) is 1.15. The molecule has 8 heteroatoms. The van der Waals surface area contributed by atoms with Crippen molar-refractivity contribution >= 4 is 43.9 Å². The van der Waals surface area contributed by atoms with E-state index in [-0.39, 0.29) is 22.9 Å². The van der Waals surface area contributed by atoms with Gasteiger partial charge < -0.3 is 9.88 Å². The maximum atomic E-state index is 14.0. The SMILES string of the molecule is O=C(Cn1cc(S(=O)(=O)Cc2ccccc2F)c2ccccc21)Nc1ccccc1Cl. The number of hydrogen-bond acceptors (Lipinski definition) is 3. The summed E-state index contributed by atoms with van der Waals surface area (Å²) in [6, 6.07) is 19.5. The average Bonchev–Trinajstić information content (AvgIpc) is 3.11. The van der Waals surface area contributed by atoms with Gasteiger partial charge in [0.2, 0.25) is 5.91 Å². The van der Waals surface area contributed by atoms with Crippen molar-refractivity contribution in [3.8, 4) is 0 Å². The highest BCUT2D eigenvalue weighted by molar-refractivity contribution is 7.90. The van der Waals surface area contributed by atoms with E-state index in [1.807, 2.05) is 0 Å². The monoisotopic (exact) mass is 456 g/mol. The van der Waals surface area contributed by atoms with Crippen molar-refractivity contribution in [1.82, 2.24) is 4.57 Å². The Morgan fingerprint density at radius 1 is 0.968 bits per heavy atom. The van der Waals surface area contributed by atoms with Crippen LogP contribution in [0.3, 0.4) is 0 Å². The molecule has 0 aliphatic heterocycles. The van der Waals surface area contributed by atoms with Gasteiger partial charge in [0.1, 0.15) is 12.4 Å². The fourth-order valence-electron chi connectivity index (χ4n) is 3.40. The maximum absolute atomic E-state index is 14.0. The number of rotatable bonds is 6. The quantitative estimate of drug-likeness (QED) is 0.441. The zero-order chi connectivity index (χ0) is 22.0. The Hall–Kier alpha value is -3.16. The number of carbonyl (C=O) groups excluding carboxylic acids is 1. The minimum absolute atomic E-state index is 0.0527. The van der Waals surface area contributed by atoms with E-state index in [2.05, 4.69) is 5.32 Å². The summed E-state index contributed by atoms with van der Waals surface area (Å²) in [5.74, 6) is -1.40. The zero-order valence-electron chi connectivity index (χ0n) is 16.3. The van der Waals surface area contributed by atoms with E-state index >= 15 is 0 Å². The van der Waals surface area contributed by atoms with Crippen LogP contribution < -0.4 is 5.32 Å². The van der Waals surface area contributed by atoms with E-state index in [1.165, 1.54) is 24.4 Å². The third-order valence-corrected chi connectivity index (χ3v) is 6.87. The second-order valence-corrected chi connectivity index (χ2v) is 9.38. The first-order valence-electron chi connectivity index (χ1n) is 9.43. The van der Waals surface area contributed by atoms with Crippen LogP contribution in [0.1, 0.15) is 5.56 Å². The first-order valence-corrected chi connectivity index (χ1v) is 11.5. The van der Waals surface area contributed by atoms with Gasteiger partial charge in [-0.25, -0.2) is 12.8 Å². The van der Waals surface area contributed by atoms with E-state index in [9.17, 15) is 17.6 Å². The van der Waals surface area contributed by atoms with Crippen LogP contribution in [-0.4, -0.2) is 18.9 Å². The largest absolute Gasteiger partial charge is 0.337 e. The first-order chi connectivity index (χ1) is 14.8.